The summed E-state index contributed by atoms with van der Waals surface area (Å²) in [4.78, 5) is 14.7. The first-order valence-electron chi connectivity index (χ1n) is 7.00. The van der Waals surface area contributed by atoms with Crippen LogP contribution in [-0.4, -0.2) is 49.1 Å². The molecule has 2 unspecified atom stereocenters. The van der Waals surface area contributed by atoms with E-state index in [-0.39, 0.29) is 6.04 Å². The zero-order valence-electron chi connectivity index (χ0n) is 10.6. The monoisotopic (exact) mass is 237 g/mol. The van der Waals surface area contributed by atoms with Crippen molar-refractivity contribution in [2.24, 2.45) is 11.8 Å². The Hall–Kier alpha value is -0.610. The van der Waals surface area contributed by atoms with Crippen molar-refractivity contribution in [1.29, 1.82) is 0 Å². The van der Waals surface area contributed by atoms with Gasteiger partial charge in [0.2, 0.25) is 5.91 Å². The van der Waals surface area contributed by atoms with E-state index in [1.165, 1.54) is 6.42 Å². The van der Waals surface area contributed by atoms with E-state index in [4.69, 9.17) is 0 Å². The fourth-order valence-electron chi connectivity index (χ4n) is 3.66. The van der Waals surface area contributed by atoms with Gasteiger partial charge in [-0.1, -0.05) is 6.92 Å². The zero-order chi connectivity index (χ0) is 11.8. The van der Waals surface area contributed by atoms with Gasteiger partial charge in [0.25, 0.3) is 0 Å². The predicted molar refractivity (Wildman–Crippen MR) is 66.7 cm³/mol. The van der Waals surface area contributed by atoms with Gasteiger partial charge >= 0.3 is 0 Å². The molecule has 3 fully saturated rings. The summed E-state index contributed by atoms with van der Waals surface area (Å²) in [6, 6.07) is 0.611. The van der Waals surface area contributed by atoms with Gasteiger partial charge in [0.15, 0.2) is 0 Å². The standard InChI is InChI=1S/C13H23N3O/c1-9-6-11(15-7-9)13(17)16-5-3-10-8-14-4-2-12(10)16/h9-12,14-15H,2-8H2,1H3/t9-,10?,11-,12?/m0/s1. The minimum Gasteiger partial charge on any atom is -0.338 e. The van der Waals surface area contributed by atoms with Crippen LogP contribution in [0.3, 0.4) is 0 Å². The smallest absolute Gasteiger partial charge is 0.239 e. The maximum Gasteiger partial charge on any atom is 0.239 e. The molecule has 4 nitrogen and oxygen atoms in total. The third-order valence-corrected chi connectivity index (χ3v) is 4.64. The number of carbonyl (C=O) groups excluding carboxylic acids is 1. The highest BCUT2D eigenvalue weighted by atomic mass is 16.2. The normalized spacial score (nSPS) is 41.6. The first-order valence-corrected chi connectivity index (χ1v) is 7.00. The van der Waals surface area contributed by atoms with Crippen LogP contribution in [0.2, 0.25) is 0 Å². The van der Waals surface area contributed by atoms with Gasteiger partial charge < -0.3 is 15.5 Å². The number of piperidine rings is 1. The highest BCUT2D eigenvalue weighted by Crippen LogP contribution is 2.30. The van der Waals surface area contributed by atoms with E-state index < -0.39 is 0 Å². The zero-order valence-corrected chi connectivity index (χ0v) is 10.6. The van der Waals surface area contributed by atoms with Gasteiger partial charge in [0, 0.05) is 12.6 Å². The van der Waals surface area contributed by atoms with E-state index in [2.05, 4.69) is 22.5 Å². The molecule has 0 aromatic rings. The molecule has 0 spiro atoms. The molecular formula is C13H23N3O. The lowest BCUT2D eigenvalue weighted by Gasteiger charge is -2.33. The fourth-order valence-corrected chi connectivity index (χ4v) is 3.66. The molecule has 0 saturated carbocycles. The topological polar surface area (TPSA) is 44.4 Å². The van der Waals surface area contributed by atoms with Crippen LogP contribution >= 0.6 is 0 Å². The average molecular weight is 237 g/mol. The second-order valence-corrected chi connectivity index (χ2v) is 5.94. The van der Waals surface area contributed by atoms with Crippen molar-refractivity contribution in [1.82, 2.24) is 15.5 Å². The van der Waals surface area contributed by atoms with E-state index in [0.29, 0.717) is 23.8 Å². The lowest BCUT2D eigenvalue weighted by molar-refractivity contribution is -0.134. The van der Waals surface area contributed by atoms with Gasteiger partial charge in [0.05, 0.1) is 6.04 Å². The summed E-state index contributed by atoms with van der Waals surface area (Å²) in [6.07, 6.45) is 3.34. The Bertz CT molecular complexity index is 307. The van der Waals surface area contributed by atoms with Gasteiger partial charge in [-0.3, -0.25) is 4.79 Å². The molecular weight excluding hydrogens is 214 g/mol. The third kappa shape index (κ3) is 2.08. The quantitative estimate of drug-likeness (QED) is 0.684. The Morgan fingerprint density at radius 3 is 2.94 bits per heavy atom. The van der Waals surface area contributed by atoms with Crippen molar-refractivity contribution in [3.8, 4) is 0 Å². The highest BCUT2D eigenvalue weighted by Gasteiger charge is 2.41. The number of carbonyl (C=O) groups is 1. The van der Waals surface area contributed by atoms with E-state index in [0.717, 1.165) is 39.0 Å². The summed E-state index contributed by atoms with van der Waals surface area (Å²) in [7, 11) is 0. The van der Waals surface area contributed by atoms with E-state index in [1.54, 1.807) is 0 Å². The van der Waals surface area contributed by atoms with Crippen LogP contribution in [0.5, 0.6) is 0 Å². The molecule has 0 aromatic heterocycles. The van der Waals surface area contributed by atoms with Crippen molar-refractivity contribution in [2.75, 3.05) is 26.2 Å². The predicted octanol–water partition coefficient (Wildman–Crippen LogP) is 0.195. The number of likely N-dealkylation sites (tertiary alicyclic amines) is 1. The van der Waals surface area contributed by atoms with Gasteiger partial charge in [-0.2, -0.15) is 0 Å². The van der Waals surface area contributed by atoms with Crippen LogP contribution in [0.1, 0.15) is 26.2 Å². The Balaban J connectivity index is 1.65. The molecule has 3 heterocycles. The van der Waals surface area contributed by atoms with E-state index in [9.17, 15) is 4.79 Å². The number of fused-ring (bicyclic) bond motifs is 1. The number of hydrogen-bond acceptors (Lipinski definition) is 3. The summed E-state index contributed by atoms with van der Waals surface area (Å²) in [5, 5.41) is 6.81. The Labute approximate surface area is 103 Å². The average Bonchev–Trinajstić information content (AvgIpc) is 2.94. The first kappa shape index (κ1) is 11.5. The number of rotatable bonds is 1. The van der Waals surface area contributed by atoms with Crippen molar-refractivity contribution < 1.29 is 4.79 Å². The minimum atomic E-state index is 0.0960. The number of amides is 1. The fraction of sp³-hybridized carbons (Fsp3) is 0.923. The molecule has 2 N–H and O–H groups in total. The van der Waals surface area contributed by atoms with Crippen LogP contribution in [0.25, 0.3) is 0 Å². The number of nitrogens with one attached hydrogen (secondary N) is 2. The lowest BCUT2D eigenvalue weighted by atomic mass is 9.94. The second kappa shape index (κ2) is 4.58. The molecule has 3 rings (SSSR count). The Kier molecular flexibility index (Phi) is 3.09. The molecule has 96 valence electrons. The molecule has 4 heteroatoms. The molecule has 3 saturated heterocycles. The highest BCUT2D eigenvalue weighted by molar-refractivity contribution is 5.82. The lowest BCUT2D eigenvalue weighted by Crippen LogP contribution is -2.50. The molecule has 0 aromatic carbocycles. The number of nitrogens with zero attached hydrogens (tertiary/aromatic N) is 1. The molecule has 17 heavy (non-hydrogen) atoms. The van der Waals surface area contributed by atoms with Crippen molar-refractivity contribution in [3.05, 3.63) is 0 Å². The molecule has 3 aliphatic heterocycles. The molecule has 4 atom stereocenters. The van der Waals surface area contributed by atoms with Crippen LogP contribution < -0.4 is 10.6 Å². The third-order valence-electron chi connectivity index (χ3n) is 4.64. The van der Waals surface area contributed by atoms with Crippen molar-refractivity contribution in [3.63, 3.8) is 0 Å². The SMILES string of the molecule is C[C@@H]1CN[C@H](C(=O)N2CCC3CNCCC32)C1. The van der Waals surface area contributed by atoms with Crippen molar-refractivity contribution >= 4 is 5.91 Å². The van der Waals surface area contributed by atoms with Gasteiger partial charge in [-0.05, 0) is 50.7 Å². The molecule has 0 aliphatic carbocycles. The maximum atomic E-state index is 12.5. The maximum absolute atomic E-state index is 12.5. The summed E-state index contributed by atoms with van der Waals surface area (Å²) in [5.41, 5.74) is 0. The summed E-state index contributed by atoms with van der Waals surface area (Å²) < 4.78 is 0. The Morgan fingerprint density at radius 2 is 2.18 bits per heavy atom. The molecule has 1 amide bonds. The van der Waals surface area contributed by atoms with Crippen molar-refractivity contribution in [2.45, 2.75) is 38.3 Å². The van der Waals surface area contributed by atoms with Gasteiger partial charge in [0.1, 0.15) is 0 Å². The second-order valence-electron chi connectivity index (χ2n) is 5.94. The van der Waals surface area contributed by atoms with Crippen LogP contribution in [-0.2, 0) is 4.79 Å². The van der Waals surface area contributed by atoms with Gasteiger partial charge in [-0.25, -0.2) is 0 Å². The Morgan fingerprint density at radius 1 is 1.29 bits per heavy atom. The van der Waals surface area contributed by atoms with E-state index in [1.807, 2.05) is 0 Å². The molecule has 3 aliphatic rings. The van der Waals surface area contributed by atoms with Crippen LogP contribution in [0.15, 0.2) is 0 Å². The van der Waals surface area contributed by atoms with E-state index >= 15 is 0 Å². The summed E-state index contributed by atoms with van der Waals surface area (Å²) in [6.45, 7) is 6.36. The van der Waals surface area contributed by atoms with Crippen LogP contribution in [0, 0.1) is 11.8 Å². The minimum absolute atomic E-state index is 0.0960. The molecule has 0 radical (unpaired) electrons. The summed E-state index contributed by atoms with van der Waals surface area (Å²) in [5.74, 6) is 1.71. The largest absolute Gasteiger partial charge is 0.338 e. The van der Waals surface area contributed by atoms with Gasteiger partial charge in [-0.15, -0.1) is 0 Å². The molecule has 0 bridgehead atoms. The first-order chi connectivity index (χ1) is 8.25. The van der Waals surface area contributed by atoms with Crippen LogP contribution in [0.4, 0.5) is 0 Å². The number of hydrogen-bond donors (Lipinski definition) is 2. The summed E-state index contributed by atoms with van der Waals surface area (Å²) >= 11 is 0.